The van der Waals surface area contributed by atoms with E-state index in [0.717, 1.165) is 6.20 Å². The second-order valence-corrected chi connectivity index (χ2v) is 6.10. The molecule has 9 heteroatoms. The molecular weight excluding hydrogens is 389 g/mol. The molecule has 0 saturated heterocycles. The first-order valence-corrected chi connectivity index (χ1v) is 8.39. The molecule has 3 aromatic rings. The van der Waals surface area contributed by atoms with E-state index < -0.39 is 29.4 Å². The molecule has 1 aromatic heterocycles. The number of rotatable bonds is 5. The van der Waals surface area contributed by atoms with Crippen molar-refractivity contribution in [3.63, 3.8) is 0 Å². The van der Waals surface area contributed by atoms with Gasteiger partial charge in [0, 0.05) is 17.1 Å². The van der Waals surface area contributed by atoms with E-state index in [9.17, 15) is 27.6 Å². The van der Waals surface area contributed by atoms with E-state index in [4.69, 9.17) is 0 Å². The fourth-order valence-corrected chi connectivity index (χ4v) is 2.94. The van der Waals surface area contributed by atoms with Crippen LogP contribution in [0.5, 0.6) is 0 Å². The van der Waals surface area contributed by atoms with Gasteiger partial charge in [-0.25, -0.2) is 4.79 Å². The van der Waals surface area contributed by atoms with Gasteiger partial charge in [-0.3, -0.25) is 9.59 Å². The van der Waals surface area contributed by atoms with E-state index in [1.165, 1.54) is 42.0 Å². The monoisotopic (exact) mass is 404 g/mol. The number of esters is 1. The molecule has 0 aliphatic carbocycles. The average molecular weight is 404 g/mol. The summed E-state index contributed by atoms with van der Waals surface area (Å²) in [4.78, 5) is 36.0. The summed E-state index contributed by atoms with van der Waals surface area (Å²) in [5.74, 6) is -3.22. The Morgan fingerprint density at radius 1 is 1.00 bits per heavy atom. The number of benzene rings is 2. The lowest BCUT2D eigenvalue weighted by Crippen LogP contribution is -2.23. The Labute approximate surface area is 162 Å². The number of para-hydroxylation sites is 2. The van der Waals surface area contributed by atoms with Gasteiger partial charge in [0.15, 0.2) is 0 Å². The first-order valence-electron chi connectivity index (χ1n) is 8.39. The third-order valence-electron chi connectivity index (χ3n) is 4.21. The number of hydrogen-bond donors (Lipinski definition) is 1. The van der Waals surface area contributed by atoms with E-state index in [1.54, 1.807) is 18.2 Å². The Morgan fingerprint density at radius 2 is 1.66 bits per heavy atom. The summed E-state index contributed by atoms with van der Waals surface area (Å²) in [5.41, 5.74) is 0.105. The molecule has 0 spiro atoms. The molecular formula is C20H15F3N2O4. The van der Waals surface area contributed by atoms with E-state index in [2.05, 4.69) is 10.1 Å². The molecule has 150 valence electrons. The number of carbonyl (C=O) groups is 3. The molecule has 2 aromatic carbocycles. The first-order chi connectivity index (χ1) is 13.7. The number of nitrogens with zero attached hydrogens (tertiary/aromatic N) is 1. The van der Waals surface area contributed by atoms with Crippen LogP contribution in [0.15, 0.2) is 54.7 Å². The van der Waals surface area contributed by atoms with Crippen molar-refractivity contribution < 1.29 is 32.3 Å². The number of amides is 1. The lowest BCUT2D eigenvalue weighted by Gasteiger charge is -2.10. The minimum Gasteiger partial charge on any atom is -0.465 e. The van der Waals surface area contributed by atoms with Crippen molar-refractivity contribution in [3.05, 3.63) is 65.9 Å². The van der Waals surface area contributed by atoms with Crippen LogP contribution in [-0.2, 0) is 16.1 Å². The molecule has 3 rings (SSSR count). The predicted molar refractivity (Wildman–Crippen MR) is 98.7 cm³/mol. The number of alkyl halides is 3. The van der Waals surface area contributed by atoms with Crippen molar-refractivity contribution >= 4 is 34.3 Å². The molecule has 0 atom stereocenters. The molecule has 1 amide bonds. The third kappa shape index (κ3) is 4.13. The second-order valence-electron chi connectivity index (χ2n) is 6.10. The first kappa shape index (κ1) is 20.1. The maximum absolute atomic E-state index is 12.9. The standard InChI is InChI=1S/C20H15F3N2O4/c1-29-19(28)13-7-2-4-8-15(13)24-17(26)11-25-10-14(18(27)20(21,22)23)12-6-3-5-9-16(12)25/h2-10H,11H2,1H3,(H,24,26). The molecule has 0 bridgehead atoms. The summed E-state index contributed by atoms with van der Waals surface area (Å²) in [6, 6.07) is 12.2. The van der Waals surface area contributed by atoms with Gasteiger partial charge in [-0.15, -0.1) is 0 Å². The third-order valence-corrected chi connectivity index (χ3v) is 4.21. The summed E-state index contributed by atoms with van der Waals surface area (Å²) in [5, 5.41) is 2.63. The maximum atomic E-state index is 12.9. The fourth-order valence-electron chi connectivity index (χ4n) is 2.94. The number of carbonyl (C=O) groups excluding carboxylic acids is 3. The van der Waals surface area contributed by atoms with E-state index in [-0.39, 0.29) is 23.2 Å². The highest BCUT2D eigenvalue weighted by molar-refractivity contribution is 6.11. The number of anilines is 1. The summed E-state index contributed by atoms with van der Waals surface area (Å²) < 4.78 is 44.6. The van der Waals surface area contributed by atoms with Crippen molar-refractivity contribution in [2.45, 2.75) is 12.7 Å². The highest BCUT2D eigenvalue weighted by Crippen LogP contribution is 2.28. The smallest absolute Gasteiger partial charge is 0.454 e. The van der Waals surface area contributed by atoms with Gasteiger partial charge in [-0.05, 0) is 18.2 Å². The van der Waals surface area contributed by atoms with E-state index in [1.807, 2.05) is 0 Å². The van der Waals surface area contributed by atoms with Crippen LogP contribution in [0.4, 0.5) is 18.9 Å². The lowest BCUT2D eigenvalue weighted by molar-refractivity contribution is -0.116. The highest BCUT2D eigenvalue weighted by Gasteiger charge is 2.40. The van der Waals surface area contributed by atoms with Gasteiger partial charge in [0.1, 0.15) is 6.54 Å². The van der Waals surface area contributed by atoms with Crippen molar-refractivity contribution in [1.29, 1.82) is 0 Å². The quantitative estimate of drug-likeness (QED) is 0.518. The van der Waals surface area contributed by atoms with Gasteiger partial charge >= 0.3 is 12.1 Å². The zero-order chi connectivity index (χ0) is 21.2. The summed E-state index contributed by atoms with van der Waals surface area (Å²) in [6.07, 6.45) is -4.02. The van der Waals surface area contributed by atoms with Crippen LogP contribution in [0.1, 0.15) is 20.7 Å². The zero-order valence-corrected chi connectivity index (χ0v) is 15.1. The van der Waals surface area contributed by atoms with Gasteiger partial charge in [0.25, 0.3) is 5.78 Å². The normalized spacial score (nSPS) is 11.3. The van der Waals surface area contributed by atoms with Crippen molar-refractivity contribution in [3.8, 4) is 0 Å². The largest absolute Gasteiger partial charge is 0.465 e. The molecule has 0 radical (unpaired) electrons. The summed E-state index contributed by atoms with van der Waals surface area (Å²) >= 11 is 0. The Hall–Kier alpha value is -3.62. The molecule has 0 unspecified atom stereocenters. The Kier molecular flexibility index (Phi) is 5.40. The van der Waals surface area contributed by atoms with Crippen molar-refractivity contribution in [2.24, 2.45) is 0 Å². The molecule has 1 N–H and O–H groups in total. The van der Waals surface area contributed by atoms with Crippen LogP contribution < -0.4 is 5.32 Å². The Balaban J connectivity index is 1.91. The number of aromatic nitrogens is 1. The highest BCUT2D eigenvalue weighted by atomic mass is 19.4. The second kappa shape index (κ2) is 7.78. The van der Waals surface area contributed by atoms with Gasteiger partial charge in [0.2, 0.25) is 5.91 Å². The van der Waals surface area contributed by atoms with Crippen LogP contribution in [0.25, 0.3) is 10.9 Å². The zero-order valence-electron chi connectivity index (χ0n) is 15.1. The Morgan fingerprint density at radius 3 is 2.34 bits per heavy atom. The van der Waals surface area contributed by atoms with Crippen molar-refractivity contribution in [2.75, 3.05) is 12.4 Å². The lowest BCUT2D eigenvalue weighted by atomic mass is 10.1. The number of Topliss-reactive ketones (excluding diaryl/α,β-unsaturated/α-hetero) is 1. The number of ketones is 1. The van der Waals surface area contributed by atoms with Crippen LogP contribution in [0.3, 0.4) is 0 Å². The van der Waals surface area contributed by atoms with Gasteiger partial charge in [0.05, 0.1) is 23.9 Å². The van der Waals surface area contributed by atoms with E-state index in [0.29, 0.717) is 5.52 Å². The molecule has 0 aliphatic rings. The summed E-state index contributed by atoms with van der Waals surface area (Å²) in [6.45, 7) is -0.360. The van der Waals surface area contributed by atoms with Crippen molar-refractivity contribution in [1.82, 2.24) is 4.57 Å². The Bertz CT molecular complexity index is 1100. The molecule has 0 fully saturated rings. The molecule has 0 aliphatic heterocycles. The number of ether oxygens (including phenoxy) is 1. The van der Waals surface area contributed by atoms with Crippen LogP contribution in [-0.4, -0.2) is 35.5 Å². The number of halogens is 3. The van der Waals surface area contributed by atoms with Crippen LogP contribution in [0, 0.1) is 0 Å². The topological polar surface area (TPSA) is 77.4 Å². The number of methoxy groups -OCH3 is 1. The fraction of sp³-hybridized carbons (Fsp3) is 0.150. The minimum atomic E-state index is -5.03. The van der Waals surface area contributed by atoms with Crippen LogP contribution in [0.2, 0.25) is 0 Å². The van der Waals surface area contributed by atoms with E-state index >= 15 is 0 Å². The van der Waals surface area contributed by atoms with Gasteiger partial charge in [-0.2, -0.15) is 13.2 Å². The SMILES string of the molecule is COC(=O)c1ccccc1NC(=O)Cn1cc(C(=O)C(F)(F)F)c2ccccc21. The molecule has 1 heterocycles. The van der Waals surface area contributed by atoms with Gasteiger partial charge in [-0.1, -0.05) is 30.3 Å². The molecule has 0 saturated carbocycles. The predicted octanol–water partition coefficient (Wildman–Crippen LogP) is 3.81. The minimum absolute atomic E-state index is 0.0950. The molecule has 29 heavy (non-hydrogen) atoms. The van der Waals surface area contributed by atoms with Crippen LogP contribution >= 0.6 is 0 Å². The molecule has 6 nitrogen and oxygen atoms in total. The maximum Gasteiger partial charge on any atom is 0.454 e. The van der Waals surface area contributed by atoms with Gasteiger partial charge < -0.3 is 14.6 Å². The summed E-state index contributed by atoms with van der Waals surface area (Å²) in [7, 11) is 1.20. The number of fused-ring (bicyclic) bond motifs is 1. The number of hydrogen-bond acceptors (Lipinski definition) is 4. The average Bonchev–Trinajstić information content (AvgIpc) is 3.04. The number of nitrogens with one attached hydrogen (secondary N) is 1.